The fraction of sp³-hybridized carbons (Fsp3) is 0.300. The highest BCUT2D eigenvalue weighted by atomic mass is 15.4. The maximum atomic E-state index is 4.45. The van der Waals surface area contributed by atoms with Crippen molar-refractivity contribution < 1.29 is 0 Å². The molecule has 1 fully saturated rings. The van der Waals surface area contributed by atoms with Gasteiger partial charge in [0.05, 0.1) is 6.54 Å². The second kappa shape index (κ2) is 8.51. The molecular weight excluding hydrogens is 352 g/mol. The van der Waals surface area contributed by atoms with Gasteiger partial charge in [-0.05, 0) is 24.3 Å². The van der Waals surface area contributed by atoms with Gasteiger partial charge < -0.3 is 15.1 Å². The van der Waals surface area contributed by atoms with Crippen LogP contribution in [-0.2, 0) is 6.54 Å². The molecule has 8 heteroatoms. The molecule has 1 saturated heterocycles. The number of rotatable bonds is 4. The van der Waals surface area contributed by atoms with E-state index in [-0.39, 0.29) is 0 Å². The minimum absolute atomic E-state index is 0.558. The van der Waals surface area contributed by atoms with E-state index in [1.54, 1.807) is 6.33 Å². The maximum absolute atomic E-state index is 4.45. The van der Waals surface area contributed by atoms with E-state index >= 15 is 0 Å². The Labute approximate surface area is 164 Å². The van der Waals surface area contributed by atoms with Gasteiger partial charge in [0.2, 0.25) is 0 Å². The van der Waals surface area contributed by atoms with Gasteiger partial charge in [-0.15, -0.1) is 10.2 Å². The van der Waals surface area contributed by atoms with Crippen LogP contribution in [0.25, 0.3) is 5.69 Å². The Bertz CT molecular complexity index is 898. The summed E-state index contributed by atoms with van der Waals surface area (Å²) >= 11 is 0. The number of hydrogen-bond acceptors (Lipinski definition) is 5. The number of aliphatic imine (C=N–C) groups is 1. The van der Waals surface area contributed by atoms with Gasteiger partial charge in [-0.3, -0.25) is 9.56 Å². The summed E-state index contributed by atoms with van der Waals surface area (Å²) in [6.45, 7) is 4.17. The molecule has 0 radical (unpaired) electrons. The number of hydrogen-bond donors (Lipinski definition) is 1. The average Bonchev–Trinajstić information content (AvgIpc) is 3.24. The van der Waals surface area contributed by atoms with E-state index in [1.165, 1.54) is 0 Å². The number of benzene rings is 1. The summed E-state index contributed by atoms with van der Waals surface area (Å²) in [6, 6.07) is 16.1. The molecule has 1 aliphatic rings. The minimum Gasteiger partial charge on any atom is -0.353 e. The number of aromatic nitrogens is 4. The molecule has 3 heterocycles. The smallest absolute Gasteiger partial charge is 0.194 e. The molecule has 4 rings (SSSR count). The van der Waals surface area contributed by atoms with Crippen molar-refractivity contribution in [3.63, 3.8) is 0 Å². The molecule has 3 aromatic rings. The van der Waals surface area contributed by atoms with Gasteiger partial charge in [-0.25, -0.2) is 4.98 Å². The number of nitrogens with zero attached hydrogens (tertiary/aromatic N) is 7. The lowest BCUT2D eigenvalue weighted by molar-refractivity contribution is 0.370. The number of anilines is 1. The van der Waals surface area contributed by atoms with Crippen molar-refractivity contribution in [3.05, 3.63) is 66.9 Å². The van der Waals surface area contributed by atoms with Crippen LogP contribution >= 0.6 is 0 Å². The molecule has 0 saturated carbocycles. The Hall–Kier alpha value is -3.42. The van der Waals surface area contributed by atoms with Crippen LogP contribution in [0.5, 0.6) is 0 Å². The lowest BCUT2D eigenvalue weighted by atomic mass is 10.3. The molecule has 0 unspecified atom stereocenters. The van der Waals surface area contributed by atoms with Crippen LogP contribution in [0.2, 0.25) is 0 Å². The summed E-state index contributed by atoms with van der Waals surface area (Å²) in [5, 5.41) is 11.7. The molecule has 0 spiro atoms. The molecule has 1 aliphatic heterocycles. The number of piperazine rings is 1. The van der Waals surface area contributed by atoms with Gasteiger partial charge in [0.15, 0.2) is 11.8 Å². The van der Waals surface area contributed by atoms with Gasteiger partial charge in [0, 0.05) is 45.1 Å². The largest absolute Gasteiger partial charge is 0.353 e. The quantitative estimate of drug-likeness (QED) is 0.550. The van der Waals surface area contributed by atoms with Gasteiger partial charge >= 0.3 is 0 Å². The first-order valence-corrected chi connectivity index (χ1v) is 9.41. The molecule has 1 N–H and O–H groups in total. The van der Waals surface area contributed by atoms with E-state index in [4.69, 9.17) is 0 Å². The standard InChI is InChI=1S/C20H24N8/c1-21-20(27-13-11-26(12-14-27)18-9-5-6-10-22-18)23-15-19-25-24-16-28(19)17-7-3-2-4-8-17/h2-10,16H,11-15H2,1H3,(H,21,23). The molecule has 0 bridgehead atoms. The summed E-state index contributed by atoms with van der Waals surface area (Å²) < 4.78 is 1.99. The zero-order valence-corrected chi connectivity index (χ0v) is 15.9. The highest BCUT2D eigenvalue weighted by molar-refractivity contribution is 5.80. The summed E-state index contributed by atoms with van der Waals surface area (Å²) in [6.07, 6.45) is 3.58. The number of pyridine rings is 1. The molecule has 0 atom stereocenters. The van der Waals surface area contributed by atoms with E-state index in [9.17, 15) is 0 Å². The van der Waals surface area contributed by atoms with Crippen LogP contribution in [0.3, 0.4) is 0 Å². The fourth-order valence-corrected chi connectivity index (χ4v) is 3.36. The highest BCUT2D eigenvalue weighted by Gasteiger charge is 2.20. The van der Waals surface area contributed by atoms with Gasteiger partial charge in [0.25, 0.3) is 0 Å². The molecule has 144 valence electrons. The first-order valence-electron chi connectivity index (χ1n) is 9.41. The van der Waals surface area contributed by atoms with E-state index in [0.717, 1.165) is 49.5 Å². The summed E-state index contributed by atoms with van der Waals surface area (Å²) in [4.78, 5) is 13.5. The van der Waals surface area contributed by atoms with E-state index in [2.05, 4.69) is 41.4 Å². The number of para-hydroxylation sites is 1. The third kappa shape index (κ3) is 3.95. The SMILES string of the molecule is CN=C(NCc1nncn1-c1ccccc1)N1CCN(c2ccccn2)CC1. The normalized spacial score (nSPS) is 15.0. The van der Waals surface area contributed by atoms with Gasteiger partial charge in [-0.1, -0.05) is 24.3 Å². The van der Waals surface area contributed by atoms with Crippen molar-refractivity contribution in [2.45, 2.75) is 6.54 Å². The zero-order valence-electron chi connectivity index (χ0n) is 15.9. The first-order chi connectivity index (χ1) is 13.8. The van der Waals surface area contributed by atoms with Crippen LogP contribution in [-0.4, -0.2) is 63.8 Å². The predicted octanol–water partition coefficient (Wildman–Crippen LogP) is 1.56. The van der Waals surface area contributed by atoms with E-state index in [1.807, 2.05) is 60.3 Å². The molecule has 0 amide bonds. The second-order valence-electron chi connectivity index (χ2n) is 6.52. The molecule has 0 aliphatic carbocycles. The van der Waals surface area contributed by atoms with Crippen LogP contribution in [0.1, 0.15) is 5.82 Å². The third-order valence-electron chi connectivity index (χ3n) is 4.82. The summed E-state index contributed by atoms with van der Waals surface area (Å²) in [7, 11) is 1.81. The minimum atomic E-state index is 0.558. The molecule has 28 heavy (non-hydrogen) atoms. The molecule has 1 aromatic carbocycles. The van der Waals surface area contributed by atoms with Crippen molar-refractivity contribution in [2.75, 3.05) is 38.1 Å². The molecule has 8 nitrogen and oxygen atoms in total. The molecular formula is C20H24N8. The topological polar surface area (TPSA) is 74.5 Å². The van der Waals surface area contributed by atoms with E-state index < -0.39 is 0 Å². The third-order valence-corrected chi connectivity index (χ3v) is 4.82. The summed E-state index contributed by atoms with van der Waals surface area (Å²) in [5.41, 5.74) is 1.04. The van der Waals surface area contributed by atoms with Gasteiger partial charge in [-0.2, -0.15) is 0 Å². The first kappa shape index (κ1) is 18.0. The van der Waals surface area contributed by atoms with Crippen LogP contribution in [0.15, 0.2) is 66.0 Å². The van der Waals surface area contributed by atoms with Crippen molar-refractivity contribution in [2.24, 2.45) is 4.99 Å². The second-order valence-corrected chi connectivity index (χ2v) is 6.52. The zero-order chi connectivity index (χ0) is 19.2. The van der Waals surface area contributed by atoms with E-state index in [0.29, 0.717) is 6.54 Å². The predicted molar refractivity (Wildman–Crippen MR) is 110 cm³/mol. The lowest BCUT2D eigenvalue weighted by Gasteiger charge is -2.37. The summed E-state index contributed by atoms with van der Waals surface area (Å²) in [5.74, 6) is 2.75. The number of guanidine groups is 1. The average molecular weight is 376 g/mol. The Morgan fingerprint density at radius 2 is 1.82 bits per heavy atom. The Balaban J connectivity index is 1.36. The van der Waals surface area contributed by atoms with Crippen LogP contribution < -0.4 is 10.2 Å². The Kier molecular flexibility index (Phi) is 5.46. The Morgan fingerprint density at radius 3 is 2.54 bits per heavy atom. The highest BCUT2D eigenvalue weighted by Crippen LogP contribution is 2.13. The Morgan fingerprint density at radius 1 is 1.04 bits per heavy atom. The lowest BCUT2D eigenvalue weighted by Crippen LogP contribution is -2.52. The molecule has 2 aromatic heterocycles. The van der Waals surface area contributed by atoms with Crippen molar-refractivity contribution in [1.82, 2.24) is 30.0 Å². The fourth-order valence-electron chi connectivity index (χ4n) is 3.36. The maximum Gasteiger partial charge on any atom is 0.194 e. The van der Waals surface area contributed by atoms with Crippen LogP contribution in [0.4, 0.5) is 5.82 Å². The van der Waals surface area contributed by atoms with Crippen molar-refractivity contribution in [3.8, 4) is 5.69 Å². The number of nitrogens with one attached hydrogen (secondary N) is 1. The van der Waals surface area contributed by atoms with Gasteiger partial charge in [0.1, 0.15) is 12.1 Å². The monoisotopic (exact) mass is 376 g/mol. The van der Waals surface area contributed by atoms with Crippen LogP contribution in [0, 0.1) is 0 Å². The van der Waals surface area contributed by atoms with Crippen molar-refractivity contribution >= 4 is 11.8 Å². The van der Waals surface area contributed by atoms with Crippen molar-refractivity contribution in [1.29, 1.82) is 0 Å².